The largest absolute Gasteiger partial charge is 0.381 e. The second-order valence-electron chi connectivity index (χ2n) is 12.4. The molecule has 0 aromatic carbocycles. The molecule has 0 aromatic rings. The summed E-state index contributed by atoms with van der Waals surface area (Å²) in [7, 11) is 0. The minimum absolute atomic E-state index is 0.119. The molecule has 4 nitrogen and oxygen atoms in total. The van der Waals surface area contributed by atoms with Gasteiger partial charge in [0.1, 0.15) is 0 Å². The second kappa shape index (κ2) is 9.14. The third kappa shape index (κ3) is 6.18. The number of rotatable bonds is 6. The maximum Gasteiger partial charge on any atom is 0.0872 e. The van der Waals surface area contributed by atoms with Gasteiger partial charge >= 0.3 is 0 Å². The molecule has 0 amide bonds. The van der Waals surface area contributed by atoms with E-state index in [1.807, 2.05) is 0 Å². The molecule has 170 valence electrons. The lowest BCUT2D eigenvalue weighted by Gasteiger charge is -2.44. The number of hydrogen-bond donors (Lipinski definition) is 0. The van der Waals surface area contributed by atoms with Gasteiger partial charge in [0, 0.05) is 31.7 Å². The minimum Gasteiger partial charge on any atom is -0.381 e. The Balaban J connectivity index is 1.45. The van der Waals surface area contributed by atoms with E-state index in [9.17, 15) is 0 Å². The second-order valence-corrected chi connectivity index (χ2v) is 12.4. The van der Waals surface area contributed by atoms with Crippen LogP contribution in [-0.4, -0.2) is 63.2 Å². The summed E-state index contributed by atoms with van der Waals surface area (Å²) >= 11 is 0. The van der Waals surface area contributed by atoms with Crippen LogP contribution in [-0.2, 0) is 14.2 Å². The summed E-state index contributed by atoms with van der Waals surface area (Å²) in [5.74, 6) is 1.54. The molecule has 3 aliphatic rings. The molecule has 29 heavy (non-hydrogen) atoms. The molecular weight excluding hydrogens is 362 g/mol. The van der Waals surface area contributed by atoms with E-state index in [-0.39, 0.29) is 23.0 Å². The monoisotopic (exact) mass is 409 g/mol. The van der Waals surface area contributed by atoms with Crippen LogP contribution in [0.1, 0.15) is 74.1 Å². The van der Waals surface area contributed by atoms with Crippen LogP contribution in [0.25, 0.3) is 0 Å². The van der Waals surface area contributed by atoms with Crippen LogP contribution in [0.4, 0.5) is 0 Å². The molecule has 0 aromatic heterocycles. The zero-order valence-corrected chi connectivity index (χ0v) is 20.3. The standard InChI is InChI=1S/C25H47NO3/c1-23(2,3)20-8-11-26(15-20)18-25(6,7)22-17-28-21(16-29-22)14-24(4,5)19-9-12-27-13-10-19/h19-22H,8-18H2,1-7H3. The van der Waals surface area contributed by atoms with Gasteiger partial charge in [-0.3, -0.25) is 0 Å². The highest BCUT2D eigenvalue weighted by Gasteiger charge is 2.41. The van der Waals surface area contributed by atoms with E-state index in [0.29, 0.717) is 5.41 Å². The van der Waals surface area contributed by atoms with Crippen molar-refractivity contribution in [1.82, 2.24) is 4.90 Å². The van der Waals surface area contributed by atoms with E-state index < -0.39 is 0 Å². The van der Waals surface area contributed by atoms with Crippen molar-refractivity contribution < 1.29 is 14.2 Å². The van der Waals surface area contributed by atoms with E-state index in [1.165, 1.54) is 32.4 Å². The summed E-state index contributed by atoms with van der Waals surface area (Å²) in [6.45, 7) is 23.5. The van der Waals surface area contributed by atoms with Gasteiger partial charge in [-0.2, -0.15) is 0 Å². The first-order chi connectivity index (χ1) is 13.5. The highest BCUT2D eigenvalue weighted by molar-refractivity contribution is 4.91. The molecule has 0 saturated carbocycles. The molecule has 3 aliphatic heterocycles. The average Bonchev–Trinajstić information content (AvgIpc) is 3.11. The quantitative estimate of drug-likeness (QED) is 0.617. The van der Waals surface area contributed by atoms with Crippen molar-refractivity contribution in [3.05, 3.63) is 0 Å². The highest BCUT2D eigenvalue weighted by Crippen LogP contribution is 2.40. The Kier molecular flexibility index (Phi) is 7.41. The molecule has 0 bridgehead atoms. The van der Waals surface area contributed by atoms with Crippen LogP contribution < -0.4 is 0 Å². The first-order valence-electron chi connectivity index (χ1n) is 12.0. The maximum absolute atomic E-state index is 6.42. The molecule has 3 rings (SSSR count). The Labute approximate surface area is 180 Å². The van der Waals surface area contributed by atoms with Gasteiger partial charge in [0.2, 0.25) is 0 Å². The Morgan fingerprint density at radius 2 is 1.48 bits per heavy atom. The normalized spacial score (nSPS) is 31.3. The number of ether oxygens (including phenoxy) is 3. The predicted octanol–water partition coefficient (Wildman–Crippen LogP) is 5.01. The predicted molar refractivity (Wildman–Crippen MR) is 119 cm³/mol. The van der Waals surface area contributed by atoms with Crippen LogP contribution in [0.5, 0.6) is 0 Å². The lowest BCUT2D eigenvalue weighted by atomic mass is 9.71. The Morgan fingerprint density at radius 1 is 0.793 bits per heavy atom. The molecule has 3 saturated heterocycles. The fourth-order valence-electron chi connectivity index (χ4n) is 5.71. The average molecular weight is 410 g/mol. The van der Waals surface area contributed by atoms with Crippen molar-refractivity contribution in [2.45, 2.75) is 86.4 Å². The molecule has 3 atom stereocenters. The van der Waals surface area contributed by atoms with Crippen molar-refractivity contribution >= 4 is 0 Å². The van der Waals surface area contributed by atoms with Gasteiger partial charge in [-0.25, -0.2) is 0 Å². The van der Waals surface area contributed by atoms with E-state index in [1.54, 1.807) is 0 Å². The Morgan fingerprint density at radius 3 is 2.03 bits per heavy atom. The minimum atomic E-state index is 0.119. The van der Waals surface area contributed by atoms with Gasteiger partial charge in [-0.15, -0.1) is 0 Å². The zero-order valence-electron chi connectivity index (χ0n) is 20.3. The fourth-order valence-corrected chi connectivity index (χ4v) is 5.71. The first-order valence-corrected chi connectivity index (χ1v) is 12.0. The number of likely N-dealkylation sites (tertiary alicyclic amines) is 1. The summed E-state index contributed by atoms with van der Waals surface area (Å²) in [6.07, 6.45) is 5.20. The maximum atomic E-state index is 6.42. The third-order valence-corrected chi connectivity index (χ3v) is 8.05. The van der Waals surface area contributed by atoms with Crippen LogP contribution >= 0.6 is 0 Å². The van der Waals surface area contributed by atoms with E-state index >= 15 is 0 Å². The van der Waals surface area contributed by atoms with Gasteiger partial charge in [-0.05, 0) is 54.9 Å². The topological polar surface area (TPSA) is 30.9 Å². The Bertz CT molecular complexity index is 511. The molecular formula is C25H47NO3. The summed E-state index contributed by atoms with van der Waals surface area (Å²) in [4.78, 5) is 2.65. The van der Waals surface area contributed by atoms with Gasteiger partial charge in [-0.1, -0.05) is 48.5 Å². The summed E-state index contributed by atoms with van der Waals surface area (Å²) < 4.78 is 18.3. The number of hydrogen-bond acceptors (Lipinski definition) is 4. The zero-order chi connectivity index (χ0) is 21.3. The molecule has 4 heteroatoms. The van der Waals surface area contributed by atoms with Gasteiger partial charge in [0.15, 0.2) is 0 Å². The molecule has 0 N–H and O–H groups in total. The summed E-state index contributed by atoms with van der Waals surface area (Å²) in [5.41, 5.74) is 0.819. The SMILES string of the molecule is CC(C)(C)C1CCN(CC(C)(C)C2COC(CC(C)(C)C3CCOCC3)CO2)C1. The van der Waals surface area contributed by atoms with Crippen molar-refractivity contribution in [3.63, 3.8) is 0 Å². The van der Waals surface area contributed by atoms with Crippen LogP contribution in [0.3, 0.4) is 0 Å². The van der Waals surface area contributed by atoms with E-state index in [4.69, 9.17) is 14.2 Å². The van der Waals surface area contributed by atoms with Crippen molar-refractivity contribution in [1.29, 1.82) is 0 Å². The first kappa shape index (κ1) is 23.5. The molecule has 0 aliphatic carbocycles. The lowest BCUT2D eigenvalue weighted by Crippen LogP contribution is -2.49. The van der Waals surface area contributed by atoms with Crippen molar-refractivity contribution in [2.24, 2.45) is 28.1 Å². The van der Waals surface area contributed by atoms with E-state index in [2.05, 4.69) is 53.4 Å². The van der Waals surface area contributed by atoms with Crippen LogP contribution in [0.15, 0.2) is 0 Å². The summed E-state index contributed by atoms with van der Waals surface area (Å²) in [6, 6.07) is 0. The van der Waals surface area contributed by atoms with Gasteiger partial charge in [0.25, 0.3) is 0 Å². The fraction of sp³-hybridized carbons (Fsp3) is 1.00. The van der Waals surface area contributed by atoms with E-state index in [0.717, 1.165) is 51.2 Å². The molecule has 0 spiro atoms. The lowest BCUT2D eigenvalue weighted by molar-refractivity contribution is -0.180. The van der Waals surface area contributed by atoms with Gasteiger partial charge in [0.05, 0.1) is 25.4 Å². The van der Waals surface area contributed by atoms with Gasteiger partial charge < -0.3 is 19.1 Å². The van der Waals surface area contributed by atoms with Crippen molar-refractivity contribution in [3.8, 4) is 0 Å². The Hall–Kier alpha value is -0.160. The molecule has 3 heterocycles. The smallest absolute Gasteiger partial charge is 0.0872 e. The highest BCUT2D eigenvalue weighted by atomic mass is 16.6. The third-order valence-electron chi connectivity index (χ3n) is 8.05. The number of nitrogens with zero attached hydrogens (tertiary/aromatic N) is 1. The molecule has 0 radical (unpaired) electrons. The summed E-state index contributed by atoms with van der Waals surface area (Å²) in [5, 5.41) is 0. The van der Waals surface area contributed by atoms with Crippen LogP contribution in [0.2, 0.25) is 0 Å². The van der Waals surface area contributed by atoms with Crippen molar-refractivity contribution in [2.75, 3.05) is 46.1 Å². The molecule has 3 fully saturated rings. The molecule has 3 unspecified atom stereocenters. The van der Waals surface area contributed by atoms with Crippen LogP contribution in [0, 0.1) is 28.1 Å².